The molecule has 1 amide bonds. The first-order chi connectivity index (χ1) is 6.24. The van der Waals surface area contributed by atoms with E-state index >= 15 is 0 Å². The van der Waals surface area contributed by atoms with E-state index in [1.165, 1.54) is 13.8 Å². The van der Waals surface area contributed by atoms with Gasteiger partial charge in [-0.2, -0.15) is 0 Å². The van der Waals surface area contributed by atoms with E-state index in [2.05, 4.69) is 5.32 Å². The first-order valence-corrected chi connectivity index (χ1v) is 5.04. The Balaban J connectivity index is 4.13. The van der Waals surface area contributed by atoms with Crippen LogP contribution in [0, 0.1) is 0 Å². The highest BCUT2D eigenvalue weighted by atomic mass is 32.2. The number of carbonyl (C=O) groups is 3. The number of Topliss-reactive ketones (excluding diaryl/α,β-unsaturated/α-hetero) is 1. The molecule has 0 radical (unpaired) electrons. The highest BCUT2D eigenvalue weighted by Gasteiger charge is 2.25. The number of carbonyl (C=O) groups excluding carboxylic acids is 3. The third kappa shape index (κ3) is 5.75. The Kier molecular flexibility index (Phi) is 4.83. The van der Waals surface area contributed by atoms with Crippen molar-refractivity contribution in [1.82, 2.24) is 5.32 Å². The summed E-state index contributed by atoms with van der Waals surface area (Å²) in [6.45, 7) is 6.62. The summed E-state index contributed by atoms with van der Waals surface area (Å²) in [5, 5.41) is 2.13. The third-order valence-corrected chi connectivity index (χ3v) is 2.59. The molecule has 0 aromatic rings. The molecule has 0 heterocycles. The first kappa shape index (κ1) is 13.2. The van der Waals surface area contributed by atoms with E-state index < -0.39 is 15.6 Å². The Morgan fingerprint density at radius 2 is 1.71 bits per heavy atom. The minimum absolute atomic E-state index is 0.144. The number of amides is 1. The van der Waals surface area contributed by atoms with E-state index in [0.717, 1.165) is 11.8 Å². The van der Waals surface area contributed by atoms with Crippen molar-refractivity contribution in [3.05, 3.63) is 0 Å². The second-order valence-electron chi connectivity index (χ2n) is 3.62. The normalized spacial score (nSPS) is 10.9. The highest BCUT2D eigenvalue weighted by molar-refractivity contribution is 8.16. The van der Waals surface area contributed by atoms with Gasteiger partial charge in [-0.1, -0.05) is 11.8 Å². The molecule has 0 bridgehead atoms. The van der Waals surface area contributed by atoms with Crippen molar-refractivity contribution in [2.45, 2.75) is 32.4 Å². The summed E-state index contributed by atoms with van der Waals surface area (Å²) in [7, 11) is 0. The van der Waals surface area contributed by atoms with Gasteiger partial charge >= 0.3 is 0 Å². The van der Waals surface area contributed by atoms with Gasteiger partial charge in [0.1, 0.15) is 0 Å². The van der Waals surface area contributed by atoms with Crippen LogP contribution in [0.15, 0.2) is 0 Å². The first-order valence-electron chi connectivity index (χ1n) is 4.23. The number of rotatable bonds is 4. The molecule has 0 atom stereocenters. The van der Waals surface area contributed by atoms with Crippen LogP contribution in [0.25, 0.3) is 0 Å². The summed E-state index contributed by atoms with van der Waals surface area (Å²) in [4.78, 5) is 32.4. The number of thioether (sulfide) groups is 1. The second kappa shape index (κ2) is 5.14. The van der Waals surface area contributed by atoms with Gasteiger partial charge in [-0.25, -0.2) is 0 Å². The van der Waals surface area contributed by atoms with Gasteiger partial charge in [0.25, 0.3) is 5.12 Å². The summed E-state index contributed by atoms with van der Waals surface area (Å²) in [5.41, 5.74) is 0. The third-order valence-electron chi connectivity index (χ3n) is 1.42. The number of ketones is 1. The molecule has 0 aliphatic carbocycles. The monoisotopic (exact) mass is 217 g/mol. The fourth-order valence-electron chi connectivity index (χ4n) is 0.696. The zero-order valence-corrected chi connectivity index (χ0v) is 9.66. The molecule has 0 aliphatic rings. The lowest BCUT2D eigenvalue weighted by atomic mass is 10.2. The Bertz CT molecular complexity index is 261. The molecule has 0 spiro atoms. The van der Waals surface area contributed by atoms with Crippen LogP contribution in [0.3, 0.4) is 0 Å². The average molecular weight is 217 g/mol. The quantitative estimate of drug-likeness (QED) is 0.706. The molecule has 0 fully saturated rings. The molecular weight excluding hydrogens is 202 g/mol. The summed E-state index contributed by atoms with van der Waals surface area (Å²) < 4.78 is -0.450. The van der Waals surface area contributed by atoms with Crippen LogP contribution in [0.2, 0.25) is 0 Å². The maximum Gasteiger partial charge on any atom is 0.255 e. The molecule has 14 heavy (non-hydrogen) atoms. The second-order valence-corrected chi connectivity index (χ2v) is 5.30. The SMILES string of the molecule is CC(=O)NCC(C)(C)SC(=O)C(C)=O. The van der Waals surface area contributed by atoms with Crippen molar-refractivity contribution in [2.24, 2.45) is 0 Å². The Labute approximate surface area is 87.8 Å². The summed E-state index contributed by atoms with van der Waals surface area (Å²) >= 11 is 0.949. The van der Waals surface area contributed by atoms with Crippen molar-refractivity contribution in [2.75, 3.05) is 6.54 Å². The molecule has 0 saturated heterocycles. The fraction of sp³-hybridized carbons (Fsp3) is 0.667. The molecule has 0 unspecified atom stereocenters. The van der Waals surface area contributed by atoms with Crippen molar-refractivity contribution in [3.63, 3.8) is 0 Å². The molecule has 0 aliphatic heterocycles. The van der Waals surface area contributed by atoms with Gasteiger partial charge in [-0.3, -0.25) is 14.4 Å². The van der Waals surface area contributed by atoms with Crippen molar-refractivity contribution in [3.8, 4) is 0 Å². The molecule has 80 valence electrons. The maximum atomic E-state index is 11.1. The summed E-state index contributed by atoms with van der Waals surface area (Å²) in [5.74, 6) is -0.611. The molecule has 5 heteroatoms. The predicted octanol–water partition coefficient (Wildman–Crippen LogP) is 0.750. The van der Waals surface area contributed by atoms with Crippen LogP contribution >= 0.6 is 11.8 Å². The lowest BCUT2D eigenvalue weighted by Crippen LogP contribution is -2.36. The molecule has 0 saturated carbocycles. The molecule has 0 aromatic carbocycles. The molecule has 0 aromatic heterocycles. The average Bonchev–Trinajstić information content (AvgIpc) is 2.00. The van der Waals surface area contributed by atoms with E-state index in [-0.39, 0.29) is 5.91 Å². The van der Waals surface area contributed by atoms with Crippen LogP contribution in [0.4, 0.5) is 0 Å². The van der Waals surface area contributed by atoms with Gasteiger partial charge in [0.15, 0.2) is 0 Å². The Morgan fingerprint density at radius 3 is 2.07 bits per heavy atom. The minimum atomic E-state index is -0.472. The van der Waals surface area contributed by atoms with Gasteiger partial charge in [0.05, 0.1) is 0 Å². The highest BCUT2D eigenvalue weighted by Crippen LogP contribution is 2.24. The Morgan fingerprint density at radius 1 is 1.21 bits per heavy atom. The zero-order valence-electron chi connectivity index (χ0n) is 8.84. The van der Waals surface area contributed by atoms with Gasteiger partial charge in [0.2, 0.25) is 11.7 Å². The van der Waals surface area contributed by atoms with Crippen LogP contribution in [0.5, 0.6) is 0 Å². The van der Waals surface area contributed by atoms with Crippen molar-refractivity contribution >= 4 is 28.6 Å². The van der Waals surface area contributed by atoms with E-state index in [9.17, 15) is 14.4 Å². The molecule has 1 N–H and O–H groups in total. The van der Waals surface area contributed by atoms with Gasteiger partial charge in [-0.15, -0.1) is 0 Å². The maximum absolute atomic E-state index is 11.1. The topological polar surface area (TPSA) is 63.2 Å². The van der Waals surface area contributed by atoms with E-state index in [0.29, 0.717) is 6.54 Å². The molecular formula is C9H15NO3S. The minimum Gasteiger partial charge on any atom is -0.355 e. The predicted molar refractivity (Wildman–Crippen MR) is 56.0 cm³/mol. The van der Waals surface area contributed by atoms with Crippen molar-refractivity contribution < 1.29 is 14.4 Å². The summed E-state index contributed by atoms with van der Waals surface area (Å²) in [6, 6.07) is 0. The van der Waals surface area contributed by atoms with Gasteiger partial charge in [0, 0.05) is 25.1 Å². The van der Waals surface area contributed by atoms with Crippen LogP contribution in [-0.2, 0) is 14.4 Å². The van der Waals surface area contributed by atoms with E-state index in [1.54, 1.807) is 13.8 Å². The fourth-order valence-corrected chi connectivity index (χ4v) is 1.49. The lowest BCUT2D eigenvalue weighted by molar-refractivity contribution is -0.130. The molecule has 0 rings (SSSR count). The standard InChI is InChI=1S/C9H15NO3S/c1-6(11)8(13)14-9(3,4)5-10-7(2)12/h5H2,1-4H3,(H,10,12). The number of hydrogen-bond donors (Lipinski definition) is 1. The smallest absolute Gasteiger partial charge is 0.255 e. The summed E-state index contributed by atoms with van der Waals surface area (Å²) in [6.07, 6.45) is 0. The van der Waals surface area contributed by atoms with Crippen LogP contribution in [-0.4, -0.2) is 28.1 Å². The number of nitrogens with one attached hydrogen (secondary N) is 1. The van der Waals surface area contributed by atoms with Gasteiger partial charge in [-0.05, 0) is 13.8 Å². The Hall–Kier alpha value is -0.840. The van der Waals surface area contributed by atoms with Crippen LogP contribution in [0.1, 0.15) is 27.7 Å². The zero-order chi connectivity index (χ0) is 11.4. The van der Waals surface area contributed by atoms with E-state index in [4.69, 9.17) is 0 Å². The van der Waals surface area contributed by atoms with Crippen molar-refractivity contribution in [1.29, 1.82) is 0 Å². The number of hydrogen-bond acceptors (Lipinski definition) is 4. The van der Waals surface area contributed by atoms with Crippen LogP contribution < -0.4 is 5.32 Å². The van der Waals surface area contributed by atoms with Gasteiger partial charge < -0.3 is 5.32 Å². The lowest BCUT2D eigenvalue weighted by Gasteiger charge is -2.22. The largest absolute Gasteiger partial charge is 0.355 e. The molecule has 4 nitrogen and oxygen atoms in total. The van der Waals surface area contributed by atoms with E-state index in [1.807, 2.05) is 0 Å².